The summed E-state index contributed by atoms with van der Waals surface area (Å²) in [6, 6.07) is 10.3. The van der Waals surface area contributed by atoms with Crippen molar-refractivity contribution in [3.8, 4) is 5.75 Å². The van der Waals surface area contributed by atoms with Crippen molar-refractivity contribution in [2.24, 2.45) is 0 Å². The van der Waals surface area contributed by atoms with E-state index in [0.29, 0.717) is 11.1 Å². The number of carbonyl (C=O) groups is 1. The monoisotopic (exact) mass is 307 g/mol. The first-order valence-electron chi connectivity index (χ1n) is 6.42. The number of phenolic OH excluding ortho intramolecular Hbond substituents is 1. The predicted molar refractivity (Wildman–Crippen MR) is 80.0 cm³/mol. The molecule has 2 aromatic carbocycles. The molecule has 3 nitrogen and oxygen atoms in total. The zero-order valence-corrected chi connectivity index (χ0v) is 12.4. The van der Waals surface area contributed by atoms with E-state index in [4.69, 9.17) is 11.6 Å². The van der Waals surface area contributed by atoms with Gasteiger partial charge in [-0.15, -0.1) is 0 Å². The lowest BCUT2D eigenvalue weighted by Crippen LogP contribution is -2.29. The number of amides is 1. The van der Waals surface area contributed by atoms with Crippen LogP contribution in [-0.2, 0) is 0 Å². The van der Waals surface area contributed by atoms with Gasteiger partial charge < -0.3 is 10.0 Å². The minimum absolute atomic E-state index is 0.0931. The van der Waals surface area contributed by atoms with Crippen molar-refractivity contribution in [1.29, 1.82) is 0 Å². The fraction of sp³-hybridized carbons (Fsp3) is 0.188. The minimum Gasteiger partial charge on any atom is -0.508 e. The summed E-state index contributed by atoms with van der Waals surface area (Å²) < 4.78 is 13.1. The van der Waals surface area contributed by atoms with Gasteiger partial charge in [-0.05, 0) is 31.2 Å². The molecule has 0 fully saturated rings. The van der Waals surface area contributed by atoms with Gasteiger partial charge >= 0.3 is 0 Å². The molecule has 2 rings (SSSR count). The van der Waals surface area contributed by atoms with Crippen molar-refractivity contribution in [3.63, 3.8) is 0 Å². The normalized spacial score (nSPS) is 12.0. The molecule has 1 amide bonds. The number of benzene rings is 2. The van der Waals surface area contributed by atoms with Crippen LogP contribution in [0.25, 0.3) is 0 Å². The Morgan fingerprint density at radius 3 is 2.57 bits per heavy atom. The number of halogens is 2. The summed E-state index contributed by atoms with van der Waals surface area (Å²) >= 11 is 5.70. The van der Waals surface area contributed by atoms with Crippen molar-refractivity contribution in [1.82, 2.24) is 4.90 Å². The van der Waals surface area contributed by atoms with Gasteiger partial charge in [-0.2, -0.15) is 0 Å². The highest BCUT2D eigenvalue weighted by Crippen LogP contribution is 2.28. The molecular weight excluding hydrogens is 293 g/mol. The van der Waals surface area contributed by atoms with Gasteiger partial charge in [0.2, 0.25) is 0 Å². The third-order valence-corrected chi connectivity index (χ3v) is 3.74. The molecule has 0 aliphatic carbocycles. The smallest absolute Gasteiger partial charge is 0.254 e. The third kappa shape index (κ3) is 3.16. The first-order valence-corrected chi connectivity index (χ1v) is 6.79. The van der Waals surface area contributed by atoms with Crippen molar-refractivity contribution in [2.45, 2.75) is 13.0 Å². The van der Waals surface area contributed by atoms with Gasteiger partial charge in [0.25, 0.3) is 5.91 Å². The van der Waals surface area contributed by atoms with E-state index in [2.05, 4.69) is 0 Å². The maximum absolute atomic E-state index is 13.1. The van der Waals surface area contributed by atoms with Crippen LogP contribution in [0.3, 0.4) is 0 Å². The minimum atomic E-state index is -0.565. The van der Waals surface area contributed by atoms with Gasteiger partial charge in [0.05, 0.1) is 11.1 Å². The lowest BCUT2D eigenvalue weighted by atomic mass is 10.1. The molecule has 1 N–H and O–H groups in total. The van der Waals surface area contributed by atoms with Crippen LogP contribution in [0.4, 0.5) is 4.39 Å². The maximum atomic E-state index is 13.1. The van der Waals surface area contributed by atoms with Crippen LogP contribution in [0.1, 0.15) is 28.9 Å². The second-order valence-electron chi connectivity index (χ2n) is 4.78. The Balaban J connectivity index is 2.26. The van der Waals surface area contributed by atoms with Gasteiger partial charge in [0, 0.05) is 18.2 Å². The SMILES string of the molecule is CC(c1ccccc1O)N(C)C(=O)c1ccc(F)c(Cl)c1. The second kappa shape index (κ2) is 6.14. The first kappa shape index (κ1) is 15.3. The maximum Gasteiger partial charge on any atom is 0.254 e. The zero-order chi connectivity index (χ0) is 15.6. The molecule has 1 atom stereocenters. The number of carbonyl (C=O) groups excluding carboxylic acids is 1. The molecule has 0 aliphatic heterocycles. The molecule has 0 spiro atoms. The average molecular weight is 308 g/mol. The first-order chi connectivity index (χ1) is 9.91. The largest absolute Gasteiger partial charge is 0.508 e. The van der Waals surface area contributed by atoms with Crippen LogP contribution in [0, 0.1) is 5.82 Å². The molecule has 1 unspecified atom stereocenters. The molecule has 0 saturated heterocycles. The Hall–Kier alpha value is -2.07. The van der Waals surface area contributed by atoms with Gasteiger partial charge in [-0.1, -0.05) is 29.8 Å². The van der Waals surface area contributed by atoms with Gasteiger partial charge in [0.15, 0.2) is 0 Å². The highest BCUT2D eigenvalue weighted by atomic mass is 35.5. The highest BCUT2D eigenvalue weighted by Gasteiger charge is 2.21. The molecule has 2 aromatic rings. The summed E-state index contributed by atoms with van der Waals surface area (Å²) in [4.78, 5) is 13.9. The van der Waals surface area contributed by atoms with E-state index in [1.807, 2.05) is 0 Å². The fourth-order valence-corrected chi connectivity index (χ4v) is 2.24. The Morgan fingerprint density at radius 1 is 1.29 bits per heavy atom. The molecule has 5 heteroatoms. The molecule has 0 saturated carbocycles. The lowest BCUT2D eigenvalue weighted by Gasteiger charge is -2.26. The number of phenols is 1. The average Bonchev–Trinajstić information content (AvgIpc) is 2.48. The van der Waals surface area contributed by atoms with Crippen LogP contribution in [-0.4, -0.2) is 23.0 Å². The number of nitrogens with zero attached hydrogens (tertiary/aromatic N) is 1. The molecule has 0 aliphatic rings. The van der Waals surface area contributed by atoms with Gasteiger partial charge in [0.1, 0.15) is 11.6 Å². The van der Waals surface area contributed by atoms with E-state index in [1.54, 1.807) is 38.2 Å². The van der Waals surface area contributed by atoms with E-state index >= 15 is 0 Å². The molecule has 0 radical (unpaired) electrons. The van der Waals surface area contributed by atoms with E-state index < -0.39 is 5.82 Å². The quantitative estimate of drug-likeness (QED) is 0.930. The van der Waals surface area contributed by atoms with E-state index in [-0.39, 0.29) is 22.7 Å². The Morgan fingerprint density at radius 2 is 1.95 bits per heavy atom. The Bertz CT molecular complexity index is 675. The number of aromatic hydroxyl groups is 1. The predicted octanol–water partition coefficient (Wildman–Crippen LogP) is 4.02. The third-order valence-electron chi connectivity index (χ3n) is 3.45. The van der Waals surface area contributed by atoms with Gasteiger partial charge in [-0.3, -0.25) is 4.79 Å². The van der Waals surface area contributed by atoms with E-state index in [0.717, 1.165) is 6.07 Å². The van der Waals surface area contributed by atoms with Gasteiger partial charge in [-0.25, -0.2) is 4.39 Å². The summed E-state index contributed by atoms with van der Waals surface area (Å²) in [5.74, 6) is -0.737. The summed E-state index contributed by atoms with van der Waals surface area (Å²) in [6.45, 7) is 1.80. The molecule has 0 heterocycles. The van der Waals surface area contributed by atoms with Crippen LogP contribution in [0.5, 0.6) is 5.75 Å². The molecular formula is C16H15ClFNO2. The van der Waals surface area contributed by atoms with Crippen molar-refractivity contribution >= 4 is 17.5 Å². The Kier molecular flexibility index (Phi) is 4.48. The lowest BCUT2D eigenvalue weighted by molar-refractivity contribution is 0.0741. The summed E-state index contributed by atoms with van der Waals surface area (Å²) in [5, 5.41) is 9.76. The number of para-hydroxylation sites is 1. The topological polar surface area (TPSA) is 40.5 Å². The second-order valence-corrected chi connectivity index (χ2v) is 5.19. The standard InChI is InChI=1S/C16H15ClFNO2/c1-10(12-5-3-4-6-15(12)20)19(2)16(21)11-7-8-14(18)13(17)9-11/h3-10,20H,1-2H3. The number of hydrogen-bond acceptors (Lipinski definition) is 2. The van der Waals surface area contributed by atoms with Crippen LogP contribution < -0.4 is 0 Å². The summed E-state index contributed by atoms with van der Waals surface area (Å²) in [7, 11) is 1.62. The molecule has 110 valence electrons. The van der Waals surface area contributed by atoms with Crippen LogP contribution in [0.2, 0.25) is 5.02 Å². The van der Waals surface area contributed by atoms with Crippen LogP contribution >= 0.6 is 11.6 Å². The van der Waals surface area contributed by atoms with E-state index in [1.165, 1.54) is 17.0 Å². The van der Waals surface area contributed by atoms with E-state index in [9.17, 15) is 14.3 Å². The Labute approximate surface area is 127 Å². The van der Waals surface area contributed by atoms with Crippen molar-refractivity contribution in [2.75, 3.05) is 7.05 Å². The summed E-state index contributed by atoms with van der Waals surface area (Å²) in [6.07, 6.45) is 0. The fourth-order valence-electron chi connectivity index (χ4n) is 2.06. The van der Waals surface area contributed by atoms with Crippen molar-refractivity contribution in [3.05, 3.63) is 64.4 Å². The highest BCUT2D eigenvalue weighted by molar-refractivity contribution is 6.31. The summed E-state index contributed by atoms with van der Waals surface area (Å²) in [5.41, 5.74) is 0.938. The number of rotatable bonds is 3. The number of hydrogen-bond donors (Lipinski definition) is 1. The zero-order valence-electron chi connectivity index (χ0n) is 11.7. The molecule has 21 heavy (non-hydrogen) atoms. The van der Waals surface area contributed by atoms with Crippen LogP contribution in [0.15, 0.2) is 42.5 Å². The molecule has 0 aromatic heterocycles. The molecule has 0 bridgehead atoms. The van der Waals surface area contributed by atoms with Crippen molar-refractivity contribution < 1.29 is 14.3 Å².